The van der Waals surface area contributed by atoms with Crippen LogP contribution in [-0.4, -0.2) is 11.4 Å². The molecule has 0 bridgehead atoms. The predicted octanol–water partition coefficient (Wildman–Crippen LogP) is -0.229. The zero-order chi connectivity index (χ0) is 5.70. The van der Waals surface area contributed by atoms with Gasteiger partial charge in [-0.1, -0.05) is 6.08 Å². The minimum Gasteiger partial charge on any atom is -0.366 e. The number of aliphatic hydroxyl groups excluding tert-OH is 1. The molecule has 0 aromatic heterocycles. The molecule has 0 rings (SSSR count). The van der Waals surface area contributed by atoms with Crippen LogP contribution in [0, 0.1) is 0 Å². The molecule has 0 saturated heterocycles. The standard InChI is InChI=1S/C4H9NO2/c1-2-3-4(6)7-5/h2,4,6H,1,3,5H2. The number of hydrogen-bond acceptors (Lipinski definition) is 3. The molecular formula is C4H9NO2. The van der Waals surface area contributed by atoms with Gasteiger partial charge < -0.3 is 5.11 Å². The maximum absolute atomic E-state index is 8.44. The Labute approximate surface area is 42.3 Å². The first-order valence-corrected chi connectivity index (χ1v) is 1.95. The molecule has 3 N–H and O–H groups in total. The summed E-state index contributed by atoms with van der Waals surface area (Å²) in [4.78, 5) is 3.97. The Hall–Kier alpha value is -0.380. The summed E-state index contributed by atoms with van der Waals surface area (Å²) in [5, 5.41) is 8.44. The average Bonchev–Trinajstić information content (AvgIpc) is 1.68. The third kappa shape index (κ3) is 3.45. The van der Waals surface area contributed by atoms with E-state index in [-0.39, 0.29) is 0 Å². The summed E-state index contributed by atoms with van der Waals surface area (Å²) in [7, 11) is 0. The quantitative estimate of drug-likeness (QED) is 0.295. The Morgan fingerprint density at radius 2 is 2.57 bits per heavy atom. The van der Waals surface area contributed by atoms with Gasteiger partial charge in [-0.2, -0.15) is 0 Å². The fraction of sp³-hybridized carbons (Fsp3) is 0.500. The number of aliphatic hydroxyl groups is 1. The van der Waals surface area contributed by atoms with Crippen LogP contribution in [0.1, 0.15) is 6.42 Å². The molecule has 0 aliphatic heterocycles. The third-order valence-electron chi connectivity index (χ3n) is 0.525. The summed E-state index contributed by atoms with van der Waals surface area (Å²) in [6.07, 6.45) is 1.01. The van der Waals surface area contributed by atoms with Crippen molar-refractivity contribution in [2.45, 2.75) is 12.7 Å². The first kappa shape index (κ1) is 6.62. The molecule has 7 heavy (non-hydrogen) atoms. The van der Waals surface area contributed by atoms with Crippen LogP contribution in [0.5, 0.6) is 0 Å². The first-order chi connectivity index (χ1) is 3.31. The summed E-state index contributed by atoms with van der Waals surface area (Å²) in [6, 6.07) is 0. The Morgan fingerprint density at radius 3 is 2.71 bits per heavy atom. The van der Waals surface area contributed by atoms with Gasteiger partial charge in [0, 0.05) is 6.42 Å². The van der Waals surface area contributed by atoms with Gasteiger partial charge in [-0.3, -0.25) is 4.84 Å². The lowest BCUT2D eigenvalue weighted by atomic mass is 10.4. The highest BCUT2D eigenvalue weighted by molar-refractivity contribution is 4.66. The minimum atomic E-state index is -0.891. The van der Waals surface area contributed by atoms with Gasteiger partial charge in [0.25, 0.3) is 0 Å². The van der Waals surface area contributed by atoms with Crippen LogP contribution >= 0.6 is 0 Å². The molecule has 3 heteroatoms. The van der Waals surface area contributed by atoms with Crippen molar-refractivity contribution in [1.82, 2.24) is 0 Å². The highest BCUT2D eigenvalue weighted by Gasteiger charge is 1.93. The fourth-order valence-corrected chi connectivity index (χ4v) is 0.198. The molecule has 0 radical (unpaired) electrons. The first-order valence-electron chi connectivity index (χ1n) is 1.95. The van der Waals surface area contributed by atoms with Crippen molar-refractivity contribution in [3.8, 4) is 0 Å². The highest BCUT2D eigenvalue weighted by Crippen LogP contribution is 1.87. The van der Waals surface area contributed by atoms with Crippen molar-refractivity contribution >= 4 is 0 Å². The summed E-state index contributed by atoms with van der Waals surface area (Å²) in [5.41, 5.74) is 0. The molecule has 42 valence electrons. The second kappa shape index (κ2) is 3.80. The van der Waals surface area contributed by atoms with Crippen LogP contribution in [0.3, 0.4) is 0 Å². The van der Waals surface area contributed by atoms with E-state index in [0.717, 1.165) is 0 Å². The lowest BCUT2D eigenvalue weighted by Gasteiger charge is -2.00. The van der Waals surface area contributed by atoms with Gasteiger partial charge in [0.2, 0.25) is 0 Å². The normalized spacial score (nSPS) is 13.4. The Balaban J connectivity index is 2.98. The lowest BCUT2D eigenvalue weighted by molar-refractivity contribution is -0.0982. The molecule has 3 nitrogen and oxygen atoms in total. The van der Waals surface area contributed by atoms with E-state index < -0.39 is 6.29 Å². The maximum atomic E-state index is 8.44. The number of hydrogen-bond donors (Lipinski definition) is 2. The van der Waals surface area contributed by atoms with Crippen molar-refractivity contribution < 1.29 is 9.94 Å². The van der Waals surface area contributed by atoms with Crippen molar-refractivity contribution in [3.63, 3.8) is 0 Å². The largest absolute Gasteiger partial charge is 0.366 e. The number of nitrogens with two attached hydrogens (primary N) is 1. The molecule has 0 saturated carbocycles. The molecule has 1 unspecified atom stereocenters. The van der Waals surface area contributed by atoms with E-state index in [9.17, 15) is 0 Å². The molecule has 0 heterocycles. The maximum Gasteiger partial charge on any atom is 0.177 e. The van der Waals surface area contributed by atoms with E-state index in [0.29, 0.717) is 6.42 Å². The molecule has 0 aliphatic carbocycles. The Kier molecular flexibility index (Phi) is 3.59. The second-order valence-electron chi connectivity index (χ2n) is 1.12. The van der Waals surface area contributed by atoms with Gasteiger partial charge in [-0.05, 0) is 0 Å². The molecule has 0 spiro atoms. The van der Waals surface area contributed by atoms with Crippen LogP contribution in [0.2, 0.25) is 0 Å². The van der Waals surface area contributed by atoms with Crippen LogP contribution in [-0.2, 0) is 4.84 Å². The van der Waals surface area contributed by atoms with E-state index in [1.807, 2.05) is 0 Å². The average molecular weight is 103 g/mol. The van der Waals surface area contributed by atoms with Gasteiger partial charge in [0.05, 0.1) is 0 Å². The van der Waals surface area contributed by atoms with E-state index >= 15 is 0 Å². The van der Waals surface area contributed by atoms with Crippen LogP contribution in [0.15, 0.2) is 12.7 Å². The second-order valence-corrected chi connectivity index (χ2v) is 1.12. The van der Waals surface area contributed by atoms with Crippen LogP contribution in [0.25, 0.3) is 0 Å². The smallest absolute Gasteiger partial charge is 0.177 e. The van der Waals surface area contributed by atoms with Crippen molar-refractivity contribution in [3.05, 3.63) is 12.7 Å². The van der Waals surface area contributed by atoms with Crippen molar-refractivity contribution in [2.75, 3.05) is 0 Å². The van der Waals surface area contributed by atoms with Gasteiger partial charge in [-0.25, -0.2) is 5.90 Å². The van der Waals surface area contributed by atoms with E-state index in [2.05, 4.69) is 17.3 Å². The highest BCUT2D eigenvalue weighted by atomic mass is 16.7. The zero-order valence-electron chi connectivity index (χ0n) is 4.00. The minimum absolute atomic E-state index is 0.372. The van der Waals surface area contributed by atoms with Crippen molar-refractivity contribution in [2.24, 2.45) is 5.90 Å². The molecule has 1 atom stereocenters. The Morgan fingerprint density at radius 1 is 2.00 bits per heavy atom. The topological polar surface area (TPSA) is 55.5 Å². The van der Waals surface area contributed by atoms with Crippen LogP contribution in [0.4, 0.5) is 0 Å². The van der Waals surface area contributed by atoms with Crippen molar-refractivity contribution in [1.29, 1.82) is 0 Å². The summed E-state index contributed by atoms with van der Waals surface area (Å²) >= 11 is 0. The number of rotatable bonds is 3. The van der Waals surface area contributed by atoms with E-state index in [1.165, 1.54) is 6.08 Å². The van der Waals surface area contributed by atoms with Gasteiger partial charge in [0.15, 0.2) is 6.29 Å². The van der Waals surface area contributed by atoms with Crippen LogP contribution < -0.4 is 5.90 Å². The SMILES string of the molecule is C=CCC(O)ON. The fourth-order valence-electron chi connectivity index (χ4n) is 0.198. The molecule has 0 aromatic carbocycles. The summed E-state index contributed by atoms with van der Waals surface area (Å²) < 4.78 is 0. The monoisotopic (exact) mass is 103 g/mol. The Bertz CT molecular complexity index is 55.7. The molecule has 0 aliphatic rings. The molecule has 0 amide bonds. The lowest BCUT2D eigenvalue weighted by Crippen LogP contribution is -2.14. The molecule has 0 fully saturated rings. The van der Waals surface area contributed by atoms with Gasteiger partial charge in [-0.15, -0.1) is 6.58 Å². The zero-order valence-corrected chi connectivity index (χ0v) is 4.00. The molecule has 0 aromatic rings. The predicted molar refractivity (Wildman–Crippen MR) is 26.1 cm³/mol. The van der Waals surface area contributed by atoms with E-state index in [1.54, 1.807) is 0 Å². The summed E-state index contributed by atoms with van der Waals surface area (Å²) in [5.74, 6) is 4.56. The van der Waals surface area contributed by atoms with E-state index in [4.69, 9.17) is 5.11 Å². The molecular weight excluding hydrogens is 94.0 g/mol. The third-order valence-corrected chi connectivity index (χ3v) is 0.525. The van der Waals surface area contributed by atoms with Gasteiger partial charge >= 0.3 is 0 Å². The summed E-state index contributed by atoms with van der Waals surface area (Å²) in [6.45, 7) is 3.35. The van der Waals surface area contributed by atoms with Gasteiger partial charge in [0.1, 0.15) is 0 Å².